The van der Waals surface area contributed by atoms with Gasteiger partial charge >= 0.3 is 0 Å². The van der Waals surface area contributed by atoms with E-state index < -0.39 is 11.7 Å². The number of hydrogen-bond acceptors (Lipinski definition) is 3. The van der Waals surface area contributed by atoms with E-state index in [-0.39, 0.29) is 0 Å². The first-order valence-electron chi connectivity index (χ1n) is 12.5. The third-order valence-corrected chi connectivity index (χ3v) is 7.94. The molecule has 1 unspecified atom stereocenters. The second-order valence-electron chi connectivity index (χ2n) is 10.1. The minimum Gasteiger partial charge on any atom is -0.391 e. The minimum absolute atomic E-state index is 0.514. The molecule has 0 bridgehead atoms. The van der Waals surface area contributed by atoms with Gasteiger partial charge in [-0.05, 0) is 59.9 Å². The number of halogens is 2. The Morgan fingerprint density at radius 1 is 0.917 bits per heavy atom. The van der Waals surface area contributed by atoms with Gasteiger partial charge in [0.15, 0.2) is 0 Å². The summed E-state index contributed by atoms with van der Waals surface area (Å²) in [5.41, 5.74) is 4.77. The van der Waals surface area contributed by atoms with Crippen LogP contribution in [-0.2, 0) is 19.9 Å². The summed E-state index contributed by atoms with van der Waals surface area (Å²) < 4.78 is 2.17. The van der Waals surface area contributed by atoms with Crippen LogP contribution in [0.1, 0.15) is 24.0 Å². The highest BCUT2D eigenvalue weighted by molar-refractivity contribution is 6.31. The molecule has 1 aliphatic rings. The van der Waals surface area contributed by atoms with Gasteiger partial charge in [-0.3, -0.25) is 0 Å². The van der Waals surface area contributed by atoms with Gasteiger partial charge in [-0.25, -0.2) is 0 Å². The molecule has 0 radical (unpaired) electrons. The summed E-state index contributed by atoms with van der Waals surface area (Å²) in [6.45, 7) is 2.11. The van der Waals surface area contributed by atoms with Crippen molar-refractivity contribution in [1.82, 2.24) is 9.47 Å². The molecule has 1 aromatic heterocycles. The Bertz CT molecular complexity index is 1330. The van der Waals surface area contributed by atoms with Crippen molar-refractivity contribution in [3.63, 3.8) is 0 Å². The standard InChI is InChI=1S/C30H32Cl2N2O2/c1-33-28-12-11-24(32)17-26(28)27(29(33)22-7-9-23(31)10-8-22)18-25(35)20-34-15-13-30(36,14-16-34)19-21-5-3-2-4-6-21/h2-12,17,25,35-36H,13-16,18-20H2,1H3. The maximum Gasteiger partial charge on any atom is 0.0712 e. The smallest absolute Gasteiger partial charge is 0.0712 e. The molecule has 4 nitrogen and oxygen atoms in total. The van der Waals surface area contributed by atoms with Crippen molar-refractivity contribution in [2.75, 3.05) is 19.6 Å². The lowest BCUT2D eigenvalue weighted by Crippen LogP contribution is -2.47. The molecule has 5 rings (SSSR count). The molecule has 1 saturated heterocycles. The number of aryl methyl sites for hydroxylation is 1. The van der Waals surface area contributed by atoms with Crippen molar-refractivity contribution in [3.05, 3.63) is 94.0 Å². The Morgan fingerprint density at radius 3 is 2.28 bits per heavy atom. The van der Waals surface area contributed by atoms with Crippen LogP contribution in [-0.4, -0.2) is 51.0 Å². The van der Waals surface area contributed by atoms with Crippen LogP contribution in [0, 0.1) is 0 Å². The highest BCUT2D eigenvalue weighted by Gasteiger charge is 2.33. The first-order chi connectivity index (χ1) is 17.3. The van der Waals surface area contributed by atoms with E-state index in [1.165, 1.54) is 0 Å². The largest absolute Gasteiger partial charge is 0.391 e. The van der Waals surface area contributed by atoms with Crippen LogP contribution < -0.4 is 0 Å². The SMILES string of the molecule is Cn1c(-c2ccc(Cl)cc2)c(CC(O)CN2CCC(O)(Cc3ccccc3)CC2)c2cc(Cl)ccc21. The molecule has 0 aliphatic carbocycles. The number of rotatable bonds is 7. The second kappa shape index (κ2) is 10.6. The fourth-order valence-corrected chi connectivity index (χ4v) is 5.88. The zero-order chi connectivity index (χ0) is 25.3. The Balaban J connectivity index is 1.32. The normalized spacial score (nSPS) is 16.9. The molecule has 0 saturated carbocycles. The molecule has 3 aromatic carbocycles. The van der Waals surface area contributed by atoms with Crippen LogP contribution >= 0.6 is 23.2 Å². The molecule has 1 aliphatic heterocycles. The van der Waals surface area contributed by atoms with Gasteiger partial charge in [0.2, 0.25) is 0 Å². The molecule has 1 fully saturated rings. The van der Waals surface area contributed by atoms with Gasteiger partial charge in [-0.2, -0.15) is 0 Å². The Hall–Kier alpha value is -2.34. The van der Waals surface area contributed by atoms with Gasteiger partial charge in [0.25, 0.3) is 0 Å². The lowest BCUT2D eigenvalue weighted by atomic mass is 9.85. The van der Waals surface area contributed by atoms with E-state index in [0.29, 0.717) is 42.3 Å². The molecule has 1 atom stereocenters. The monoisotopic (exact) mass is 522 g/mol. The molecule has 4 aromatic rings. The van der Waals surface area contributed by atoms with Crippen molar-refractivity contribution in [2.24, 2.45) is 7.05 Å². The van der Waals surface area contributed by atoms with Crippen LogP contribution in [0.2, 0.25) is 10.0 Å². The highest BCUT2D eigenvalue weighted by Crippen LogP contribution is 2.36. The van der Waals surface area contributed by atoms with E-state index in [0.717, 1.165) is 46.4 Å². The number of piperidine rings is 1. The average molecular weight is 524 g/mol. The van der Waals surface area contributed by atoms with E-state index in [2.05, 4.69) is 21.6 Å². The van der Waals surface area contributed by atoms with Gasteiger partial charge < -0.3 is 19.7 Å². The van der Waals surface area contributed by atoms with Gasteiger partial charge in [0.05, 0.1) is 17.4 Å². The van der Waals surface area contributed by atoms with Crippen molar-refractivity contribution in [3.8, 4) is 11.3 Å². The van der Waals surface area contributed by atoms with Crippen LogP contribution in [0.25, 0.3) is 22.2 Å². The van der Waals surface area contributed by atoms with Gasteiger partial charge in [0, 0.05) is 60.5 Å². The zero-order valence-corrected chi connectivity index (χ0v) is 22.0. The maximum atomic E-state index is 11.2. The van der Waals surface area contributed by atoms with Crippen molar-refractivity contribution < 1.29 is 10.2 Å². The average Bonchev–Trinajstić information content (AvgIpc) is 3.12. The molecule has 188 valence electrons. The van der Waals surface area contributed by atoms with Crippen LogP contribution in [0.3, 0.4) is 0 Å². The van der Waals surface area contributed by atoms with E-state index in [4.69, 9.17) is 23.2 Å². The van der Waals surface area contributed by atoms with Crippen molar-refractivity contribution in [2.45, 2.75) is 37.4 Å². The minimum atomic E-state index is -0.684. The molecule has 2 N–H and O–H groups in total. The van der Waals surface area contributed by atoms with Crippen LogP contribution in [0.4, 0.5) is 0 Å². The van der Waals surface area contributed by atoms with Gasteiger partial charge in [0.1, 0.15) is 0 Å². The number of fused-ring (bicyclic) bond motifs is 1. The number of likely N-dealkylation sites (tertiary alicyclic amines) is 1. The maximum absolute atomic E-state index is 11.2. The zero-order valence-electron chi connectivity index (χ0n) is 20.5. The fraction of sp³-hybridized carbons (Fsp3) is 0.333. The number of benzene rings is 3. The summed E-state index contributed by atoms with van der Waals surface area (Å²) in [6, 6.07) is 23.9. The summed E-state index contributed by atoms with van der Waals surface area (Å²) in [7, 11) is 2.05. The Morgan fingerprint density at radius 2 is 1.58 bits per heavy atom. The van der Waals surface area contributed by atoms with Crippen LogP contribution in [0.15, 0.2) is 72.8 Å². The summed E-state index contributed by atoms with van der Waals surface area (Å²) in [5.74, 6) is 0. The summed E-state index contributed by atoms with van der Waals surface area (Å²) >= 11 is 12.5. The molecule has 2 heterocycles. The summed E-state index contributed by atoms with van der Waals surface area (Å²) in [4.78, 5) is 2.27. The lowest BCUT2D eigenvalue weighted by molar-refractivity contribution is -0.0291. The van der Waals surface area contributed by atoms with E-state index in [9.17, 15) is 10.2 Å². The second-order valence-corrected chi connectivity index (χ2v) is 11.0. The van der Waals surface area contributed by atoms with Gasteiger partial charge in [-0.1, -0.05) is 65.7 Å². The predicted octanol–water partition coefficient (Wildman–Crippen LogP) is 6.13. The van der Waals surface area contributed by atoms with Crippen LogP contribution in [0.5, 0.6) is 0 Å². The third-order valence-electron chi connectivity index (χ3n) is 7.46. The number of β-amino-alcohol motifs (C(OH)–C–C–N with tert-alkyl or cyclic N) is 1. The topological polar surface area (TPSA) is 48.6 Å². The number of aromatic nitrogens is 1. The first kappa shape index (κ1) is 25.3. The van der Waals surface area contributed by atoms with E-state index >= 15 is 0 Å². The third kappa shape index (κ3) is 5.49. The number of nitrogens with zero attached hydrogens (tertiary/aromatic N) is 2. The molecule has 6 heteroatoms. The van der Waals surface area contributed by atoms with Crippen molar-refractivity contribution >= 4 is 34.1 Å². The summed E-state index contributed by atoms with van der Waals surface area (Å²) in [5, 5.41) is 24.8. The van der Waals surface area contributed by atoms with Crippen molar-refractivity contribution in [1.29, 1.82) is 0 Å². The quantitative estimate of drug-likeness (QED) is 0.307. The van der Waals surface area contributed by atoms with E-state index in [1.54, 1.807) is 0 Å². The lowest BCUT2D eigenvalue weighted by Gasteiger charge is -2.39. The number of aliphatic hydroxyl groups is 2. The molecule has 0 amide bonds. The number of aliphatic hydroxyl groups excluding tert-OH is 1. The first-order valence-corrected chi connectivity index (χ1v) is 13.3. The fourth-order valence-electron chi connectivity index (χ4n) is 5.58. The number of hydrogen-bond donors (Lipinski definition) is 2. The molecule has 36 heavy (non-hydrogen) atoms. The van der Waals surface area contributed by atoms with Gasteiger partial charge in [-0.15, -0.1) is 0 Å². The molecule has 0 spiro atoms. The molecular formula is C30H32Cl2N2O2. The molecular weight excluding hydrogens is 491 g/mol. The Kier molecular flexibility index (Phi) is 7.43. The predicted molar refractivity (Wildman–Crippen MR) is 149 cm³/mol. The Labute approximate surface area is 222 Å². The summed E-state index contributed by atoms with van der Waals surface area (Å²) in [6.07, 6.45) is 2.05. The van der Waals surface area contributed by atoms with E-state index in [1.807, 2.05) is 67.7 Å². The highest BCUT2D eigenvalue weighted by atomic mass is 35.5.